The van der Waals surface area contributed by atoms with Crippen LogP contribution in [0.1, 0.15) is 48.9 Å². The summed E-state index contributed by atoms with van der Waals surface area (Å²) < 4.78 is 5.64. The number of amides is 1. The lowest BCUT2D eigenvalue weighted by Crippen LogP contribution is -2.51. The lowest BCUT2D eigenvalue weighted by atomic mass is 9.49. The second-order valence-electron chi connectivity index (χ2n) is 7.48. The lowest BCUT2D eigenvalue weighted by Gasteiger charge is -2.55. The fraction of sp³-hybridized carbons (Fsp3) is 0.556. The van der Waals surface area contributed by atoms with Gasteiger partial charge in [-0.3, -0.25) is 9.59 Å². The summed E-state index contributed by atoms with van der Waals surface area (Å²) in [5, 5.41) is 0. The molecule has 4 saturated carbocycles. The van der Waals surface area contributed by atoms with Crippen molar-refractivity contribution in [1.29, 1.82) is 0 Å². The molecule has 0 radical (unpaired) electrons. The van der Waals surface area contributed by atoms with E-state index in [2.05, 4.69) is 0 Å². The Bertz CT molecular complexity index is 602. The Morgan fingerprint density at radius 1 is 1.05 bits per heavy atom. The first-order valence-corrected chi connectivity index (χ1v) is 8.16. The van der Waals surface area contributed by atoms with Crippen molar-refractivity contribution in [1.82, 2.24) is 0 Å². The van der Waals surface area contributed by atoms with Crippen LogP contribution in [-0.2, 0) is 4.79 Å². The van der Waals surface area contributed by atoms with Crippen LogP contribution in [0, 0.1) is 23.2 Å². The molecule has 4 nitrogen and oxygen atoms in total. The van der Waals surface area contributed by atoms with Gasteiger partial charge in [0.05, 0.1) is 5.41 Å². The number of rotatable bonds is 3. The minimum Gasteiger partial charge on any atom is -0.426 e. The minimum absolute atomic E-state index is 0.103. The van der Waals surface area contributed by atoms with Crippen molar-refractivity contribution >= 4 is 11.9 Å². The van der Waals surface area contributed by atoms with Crippen LogP contribution in [0.5, 0.6) is 5.75 Å². The Morgan fingerprint density at radius 2 is 1.64 bits per heavy atom. The van der Waals surface area contributed by atoms with Crippen molar-refractivity contribution in [3.05, 3.63) is 29.8 Å². The van der Waals surface area contributed by atoms with Crippen molar-refractivity contribution in [2.75, 3.05) is 0 Å². The molecule has 0 aliphatic heterocycles. The first kappa shape index (κ1) is 13.8. The number of carbonyl (C=O) groups excluding carboxylic acids is 2. The highest BCUT2D eigenvalue weighted by molar-refractivity contribution is 5.93. The average Bonchev–Trinajstić information content (AvgIpc) is 2.46. The van der Waals surface area contributed by atoms with Gasteiger partial charge in [0.2, 0.25) is 5.91 Å². The molecule has 1 aromatic rings. The van der Waals surface area contributed by atoms with Gasteiger partial charge in [-0.15, -0.1) is 0 Å². The highest BCUT2D eigenvalue weighted by Crippen LogP contribution is 2.60. The molecule has 1 aromatic carbocycles. The molecule has 22 heavy (non-hydrogen) atoms. The van der Waals surface area contributed by atoms with Gasteiger partial charge in [-0.2, -0.15) is 0 Å². The summed E-state index contributed by atoms with van der Waals surface area (Å²) >= 11 is 0. The van der Waals surface area contributed by atoms with Gasteiger partial charge in [-0.1, -0.05) is 6.07 Å². The van der Waals surface area contributed by atoms with E-state index in [0.29, 0.717) is 29.1 Å². The Balaban J connectivity index is 1.55. The molecular formula is C18H21NO3. The summed E-state index contributed by atoms with van der Waals surface area (Å²) in [6.07, 6.45) is 6.82. The fourth-order valence-corrected chi connectivity index (χ4v) is 5.29. The molecule has 4 heteroatoms. The Hall–Kier alpha value is -1.84. The zero-order chi connectivity index (χ0) is 15.3. The van der Waals surface area contributed by atoms with E-state index in [-0.39, 0.29) is 11.4 Å². The van der Waals surface area contributed by atoms with Crippen molar-refractivity contribution in [3.8, 4) is 5.75 Å². The third-order valence-corrected chi connectivity index (χ3v) is 5.80. The van der Waals surface area contributed by atoms with E-state index in [4.69, 9.17) is 10.5 Å². The van der Waals surface area contributed by atoms with Gasteiger partial charge in [0.1, 0.15) is 5.75 Å². The summed E-state index contributed by atoms with van der Waals surface area (Å²) in [6.45, 7) is 0. The van der Waals surface area contributed by atoms with E-state index in [1.54, 1.807) is 24.3 Å². The average molecular weight is 299 g/mol. The number of carbonyl (C=O) groups is 2. The molecule has 4 fully saturated rings. The van der Waals surface area contributed by atoms with Crippen LogP contribution in [0.4, 0.5) is 0 Å². The van der Waals surface area contributed by atoms with E-state index in [9.17, 15) is 9.59 Å². The third kappa shape index (κ3) is 2.21. The number of nitrogens with two attached hydrogens (primary N) is 1. The van der Waals surface area contributed by atoms with Gasteiger partial charge < -0.3 is 10.5 Å². The van der Waals surface area contributed by atoms with Gasteiger partial charge in [-0.25, -0.2) is 0 Å². The number of ether oxygens (including phenoxy) is 1. The Kier molecular flexibility index (Phi) is 3.03. The van der Waals surface area contributed by atoms with Crippen LogP contribution >= 0.6 is 0 Å². The fourth-order valence-electron chi connectivity index (χ4n) is 5.29. The maximum Gasteiger partial charge on any atom is 0.317 e. The molecule has 0 heterocycles. The second kappa shape index (κ2) is 4.83. The smallest absolute Gasteiger partial charge is 0.317 e. The number of hydrogen-bond acceptors (Lipinski definition) is 3. The largest absolute Gasteiger partial charge is 0.426 e. The Labute approximate surface area is 130 Å². The topological polar surface area (TPSA) is 69.4 Å². The number of primary amides is 1. The maximum atomic E-state index is 12.8. The van der Waals surface area contributed by atoms with Crippen LogP contribution in [0.3, 0.4) is 0 Å². The summed E-state index contributed by atoms with van der Waals surface area (Å²) in [7, 11) is 0. The second-order valence-corrected chi connectivity index (χ2v) is 7.48. The molecule has 4 aliphatic carbocycles. The molecule has 1 amide bonds. The summed E-state index contributed by atoms with van der Waals surface area (Å²) in [4.78, 5) is 24.1. The van der Waals surface area contributed by atoms with Gasteiger partial charge in [0.25, 0.3) is 0 Å². The number of hydrogen-bond donors (Lipinski definition) is 1. The molecule has 2 N–H and O–H groups in total. The molecule has 116 valence electrons. The van der Waals surface area contributed by atoms with Gasteiger partial charge in [0, 0.05) is 5.56 Å². The van der Waals surface area contributed by atoms with E-state index in [0.717, 1.165) is 19.3 Å². The van der Waals surface area contributed by atoms with Crippen LogP contribution in [0.25, 0.3) is 0 Å². The Morgan fingerprint density at radius 3 is 2.18 bits per heavy atom. The standard InChI is InChI=1S/C18H21NO3/c19-16(20)14-2-1-3-15(7-14)22-17(21)18-8-11-4-12(9-18)6-13(5-11)10-18/h1-3,7,11-13H,4-6,8-10H2,(H2,19,20). The van der Waals surface area contributed by atoms with Crippen LogP contribution in [0.15, 0.2) is 24.3 Å². The highest BCUT2D eigenvalue weighted by atomic mass is 16.5. The zero-order valence-electron chi connectivity index (χ0n) is 12.6. The first-order chi connectivity index (χ1) is 10.5. The van der Waals surface area contributed by atoms with Crippen molar-refractivity contribution in [3.63, 3.8) is 0 Å². The van der Waals surface area contributed by atoms with Crippen molar-refractivity contribution in [2.24, 2.45) is 28.9 Å². The quantitative estimate of drug-likeness (QED) is 0.689. The normalized spacial score (nSPS) is 35.4. The molecular weight excluding hydrogens is 278 g/mol. The maximum absolute atomic E-state index is 12.8. The third-order valence-electron chi connectivity index (χ3n) is 5.80. The molecule has 5 rings (SSSR count). The highest BCUT2D eigenvalue weighted by Gasteiger charge is 2.55. The van der Waals surface area contributed by atoms with Crippen LogP contribution in [-0.4, -0.2) is 11.9 Å². The van der Waals surface area contributed by atoms with Crippen LogP contribution in [0.2, 0.25) is 0 Å². The predicted molar refractivity (Wildman–Crippen MR) is 81.2 cm³/mol. The molecule has 4 bridgehead atoms. The van der Waals surface area contributed by atoms with Crippen molar-refractivity contribution in [2.45, 2.75) is 38.5 Å². The van der Waals surface area contributed by atoms with E-state index >= 15 is 0 Å². The van der Waals surface area contributed by atoms with E-state index in [1.807, 2.05) is 0 Å². The van der Waals surface area contributed by atoms with Gasteiger partial charge in [0.15, 0.2) is 0 Å². The lowest BCUT2D eigenvalue weighted by molar-refractivity contribution is -0.161. The zero-order valence-corrected chi connectivity index (χ0v) is 12.6. The summed E-state index contributed by atoms with van der Waals surface area (Å²) in [5.41, 5.74) is 5.37. The first-order valence-electron chi connectivity index (χ1n) is 8.16. The summed E-state index contributed by atoms with van der Waals surface area (Å²) in [6, 6.07) is 6.60. The predicted octanol–water partition coefficient (Wildman–Crippen LogP) is 2.91. The van der Waals surface area contributed by atoms with E-state index < -0.39 is 5.91 Å². The van der Waals surface area contributed by atoms with Crippen LogP contribution < -0.4 is 10.5 Å². The SMILES string of the molecule is NC(=O)c1cccc(OC(=O)C23CC4CC(CC(C4)C2)C3)c1. The summed E-state index contributed by atoms with van der Waals surface area (Å²) in [5.74, 6) is 1.93. The number of esters is 1. The molecule has 4 aliphatic rings. The minimum atomic E-state index is -0.507. The molecule has 0 unspecified atom stereocenters. The van der Waals surface area contributed by atoms with Crippen molar-refractivity contribution < 1.29 is 14.3 Å². The monoisotopic (exact) mass is 299 g/mol. The molecule has 0 atom stereocenters. The van der Waals surface area contributed by atoms with Gasteiger partial charge >= 0.3 is 5.97 Å². The van der Waals surface area contributed by atoms with E-state index in [1.165, 1.54) is 19.3 Å². The van der Waals surface area contributed by atoms with Gasteiger partial charge in [-0.05, 0) is 74.5 Å². The number of benzene rings is 1. The molecule has 0 spiro atoms. The molecule has 0 saturated heterocycles. The molecule has 0 aromatic heterocycles.